The van der Waals surface area contributed by atoms with Gasteiger partial charge in [-0.15, -0.1) is 0 Å². The van der Waals surface area contributed by atoms with E-state index in [1.807, 2.05) is 20.8 Å². The van der Waals surface area contributed by atoms with Crippen LogP contribution < -0.4 is 21.3 Å². The van der Waals surface area contributed by atoms with Gasteiger partial charge in [0.15, 0.2) is 0 Å². The van der Waals surface area contributed by atoms with Crippen molar-refractivity contribution in [2.75, 3.05) is 6.54 Å². The third-order valence-corrected chi connectivity index (χ3v) is 10.3. The predicted octanol–water partition coefficient (Wildman–Crippen LogP) is 1.67. The maximum atomic E-state index is 14.3. The molecule has 1 aromatic rings. The fourth-order valence-corrected chi connectivity index (χ4v) is 7.58. The third kappa shape index (κ3) is 8.16. The molecule has 13 heteroatoms. The lowest BCUT2D eigenvalue weighted by Gasteiger charge is -2.34. The summed E-state index contributed by atoms with van der Waals surface area (Å²) < 4.78 is 0. The summed E-state index contributed by atoms with van der Waals surface area (Å²) in [6, 6.07) is -3.57. The molecular weight excluding hydrogens is 602 g/mol. The van der Waals surface area contributed by atoms with Gasteiger partial charge in [0.25, 0.3) is 11.8 Å². The maximum Gasteiger partial charge on any atom is 0.289 e. The largest absolute Gasteiger partial charge is 0.347 e. The van der Waals surface area contributed by atoms with Gasteiger partial charge in [-0.3, -0.25) is 33.8 Å². The van der Waals surface area contributed by atoms with Crippen LogP contribution in [0.2, 0.25) is 0 Å². The minimum atomic E-state index is -0.977. The summed E-state index contributed by atoms with van der Waals surface area (Å²) in [6.45, 7) is 5.94. The molecule has 4 aliphatic rings. The first-order valence-electron chi connectivity index (χ1n) is 17.4. The number of hydrogen-bond acceptors (Lipinski definition) is 8. The summed E-state index contributed by atoms with van der Waals surface area (Å²) in [4.78, 5) is 90.5. The number of ketones is 1. The highest BCUT2D eigenvalue weighted by atomic mass is 16.2. The number of likely N-dealkylation sites (tertiary alicyclic amines) is 1. The number of carbonyl (C=O) groups excluding carboxylic acids is 6. The Balaban J connectivity index is 1.32. The fraction of sp³-hybridized carbons (Fsp3) is 0.706. The fourth-order valence-electron chi connectivity index (χ4n) is 7.58. The summed E-state index contributed by atoms with van der Waals surface area (Å²) in [7, 11) is 0. The van der Waals surface area contributed by atoms with E-state index in [0.717, 1.165) is 57.8 Å². The van der Waals surface area contributed by atoms with E-state index in [1.54, 1.807) is 4.90 Å². The van der Waals surface area contributed by atoms with Gasteiger partial charge in [0, 0.05) is 25.0 Å². The second kappa shape index (κ2) is 15.3. The second-order valence-corrected chi connectivity index (χ2v) is 14.1. The lowest BCUT2D eigenvalue weighted by Crippen LogP contribution is -2.60. The van der Waals surface area contributed by atoms with Crippen molar-refractivity contribution in [2.45, 2.75) is 122 Å². The number of carbonyl (C=O) groups is 6. The highest BCUT2D eigenvalue weighted by Crippen LogP contribution is 2.43. The third-order valence-electron chi connectivity index (χ3n) is 10.3. The number of amides is 5. The van der Waals surface area contributed by atoms with Crippen molar-refractivity contribution in [1.82, 2.24) is 36.1 Å². The molecule has 3 saturated carbocycles. The molecule has 2 heterocycles. The summed E-state index contributed by atoms with van der Waals surface area (Å²) >= 11 is 0. The minimum Gasteiger partial charge on any atom is -0.347 e. The number of nitrogens with zero attached hydrogens (tertiary/aromatic N) is 3. The van der Waals surface area contributed by atoms with E-state index in [-0.39, 0.29) is 41.3 Å². The predicted molar refractivity (Wildman–Crippen MR) is 171 cm³/mol. The Morgan fingerprint density at radius 1 is 0.915 bits per heavy atom. The Bertz CT molecular complexity index is 1330. The molecule has 0 bridgehead atoms. The topological polar surface area (TPSA) is 180 Å². The number of fused-ring (bicyclic) bond motifs is 1. The van der Waals surface area contributed by atoms with Crippen LogP contribution in [-0.2, 0) is 24.0 Å². The summed E-state index contributed by atoms with van der Waals surface area (Å²) in [5.41, 5.74) is 0.0992. The Hall–Kier alpha value is -3.90. The van der Waals surface area contributed by atoms with Gasteiger partial charge in [0.1, 0.15) is 23.8 Å². The van der Waals surface area contributed by atoms with Gasteiger partial charge in [-0.2, -0.15) is 0 Å². The van der Waals surface area contributed by atoms with Crippen molar-refractivity contribution in [3.8, 4) is 0 Å². The quantitative estimate of drug-likeness (QED) is 0.219. The van der Waals surface area contributed by atoms with Crippen molar-refractivity contribution < 1.29 is 28.8 Å². The number of Topliss-reactive ketones (excluding diaryl/α,β-unsaturated/α-hetero) is 1. The van der Waals surface area contributed by atoms with Crippen molar-refractivity contribution in [1.29, 1.82) is 0 Å². The molecule has 0 spiro atoms. The Morgan fingerprint density at radius 2 is 1.66 bits per heavy atom. The van der Waals surface area contributed by atoms with Gasteiger partial charge in [-0.1, -0.05) is 46.5 Å². The first kappa shape index (κ1) is 34.4. The van der Waals surface area contributed by atoms with Crippen LogP contribution in [-0.4, -0.2) is 86.9 Å². The highest BCUT2D eigenvalue weighted by Gasteiger charge is 2.51. The van der Waals surface area contributed by atoms with Crippen LogP contribution in [0.15, 0.2) is 18.6 Å². The van der Waals surface area contributed by atoms with Gasteiger partial charge >= 0.3 is 0 Å². The van der Waals surface area contributed by atoms with Gasteiger partial charge in [0.05, 0.1) is 12.2 Å². The van der Waals surface area contributed by atoms with Crippen molar-refractivity contribution in [2.24, 2.45) is 23.7 Å². The summed E-state index contributed by atoms with van der Waals surface area (Å²) in [6.07, 6.45) is 12.8. The molecule has 47 heavy (non-hydrogen) atoms. The number of nitrogens with one attached hydrogen (secondary N) is 4. The highest BCUT2D eigenvalue weighted by molar-refractivity contribution is 6.38. The zero-order valence-corrected chi connectivity index (χ0v) is 27.7. The molecule has 4 N–H and O–H groups in total. The van der Waals surface area contributed by atoms with Crippen LogP contribution in [0.1, 0.15) is 102 Å². The van der Waals surface area contributed by atoms with Crippen LogP contribution in [0.4, 0.5) is 0 Å². The molecule has 5 rings (SSSR count). The molecule has 1 aliphatic heterocycles. The van der Waals surface area contributed by atoms with Gasteiger partial charge < -0.3 is 26.2 Å². The van der Waals surface area contributed by atoms with Crippen LogP contribution in [0.3, 0.4) is 0 Å². The molecule has 13 nitrogen and oxygen atoms in total. The average molecular weight is 652 g/mol. The smallest absolute Gasteiger partial charge is 0.289 e. The molecule has 5 amide bonds. The number of hydrogen-bond donors (Lipinski definition) is 4. The number of rotatable bonds is 14. The first-order valence-corrected chi connectivity index (χ1v) is 17.4. The Labute approximate surface area is 276 Å². The van der Waals surface area contributed by atoms with E-state index >= 15 is 0 Å². The van der Waals surface area contributed by atoms with Crippen molar-refractivity contribution in [3.63, 3.8) is 0 Å². The monoisotopic (exact) mass is 651 g/mol. The number of aromatic nitrogens is 2. The first-order chi connectivity index (χ1) is 22.6. The van der Waals surface area contributed by atoms with Crippen molar-refractivity contribution >= 4 is 35.3 Å². The van der Waals surface area contributed by atoms with Crippen LogP contribution in [0.25, 0.3) is 0 Å². The normalized spacial score (nSPS) is 24.3. The molecule has 3 aliphatic carbocycles. The molecule has 256 valence electrons. The maximum absolute atomic E-state index is 14.3. The molecule has 6 atom stereocenters. The zero-order chi connectivity index (χ0) is 33.7. The minimum absolute atomic E-state index is 0.0170. The molecule has 0 unspecified atom stereocenters. The molecule has 0 aromatic carbocycles. The van der Waals surface area contributed by atoms with Gasteiger partial charge in [-0.05, 0) is 68.6 Å². The average Bonchev–Trinajstić information content (AvgIpc) is 3.40. The van der Waals surface area contributed by atoms with Gasteiger partial charge in [-0.25, -0.2) is 4.98 Å². The van der Waals surface area contributed by atoms with Crippen LogP contribution in [0, 0.1) is 23.7 Å². The SMILES string of the molecule is CCC[C@H](NC(=O)[C@@H]1[C@H]2CCC[C@H]2CN1C(=O)[C@@H](NC(=O)[C@@H](NC(=O)c1cnccn1)C1CCCC1)C(C)C)C(=O)C(=O)NC1CC1. The van der Waals surface area contributed by atoms with Crippen molar-refractivity contribution in [3.05, 3.63) is 24.3 Å². The van der Waals surface area contributed by atoms with Crippen LogP contribution in [0.5, 0.6) is 0 Å². The van der Waals surface area contributed by atoms with E-state index in [0.29, 0.717) is 19.4 Å². The van der Waals surface area contributed by atoms with E-state index in [1.165, 1.54) is 18.6 Å². The Morgan fingerprint density at radius 3 is 2.30 bits per heavy atom. The second-order valence-electron chi connectivity index (χ2n) is 14.1. The van der Waals surface area contributed by atoms with Crippen LogP contribution >= 0.6 is 0 Å². The standard InChI is InChI=1S/C34H49N7O6/c1-4-8-24(29(42)33(46)37-22-13-14-22)38-32(45)28-23-12-7-11-21(23)18-41(28)34(47)26(19(2)3)39-31(44)27(20-9-5-6-10-20)40-30(43)25-17-35-15-16-36-25/h15-17,19-24,26-28H,4-14,18H2,1-3H3,(H,37,46)(H,38,45)(H,39,44)(H,40,43)/t21-,23-,24-,26-,27-,28-/m0/s1. The van der Waals surface area contributed by atoms with Gasteiger partial charge in [0.2, 0.25) is 23.5 Å². The Kier molecular flexibility index (Phi) is 11.2. The molecule has 1 aromatic heterocycles. The lowest BCUT2D eigenvalue weighted by molar-refractivity contribution is -0.145. The lowest BCUT2D eigenvalue weighted by atomic mass is 9.92. The summed E-state index contributed by atoms with van der Waals surface area (Å²) in [5, 5.41) is 11.4. The zero-order valence-electron chi connectivity index (χ0n) is 27.7. The molecule has 0 radical (unpaired) electrons. The van der Waals surface area contributed by atoms with E-state index in [9.17, 15) is 28.8 Å². The summed E-state index contributed by atoms with van der Waals surface area (Å²) in [5.74, 6) is -3.45. The molecule has 4 fully saturated rings. The van der Waals surface area contributed by atoms with E-state index in [2.05, 4.69) is 31.2 Å². The molecular formula is C34H49N7O6. The van der Waals surface area contributed by atoms with E-state index < -0.39 is 53.6 Å². The molecule has 1 saturated heterocycles. The van der Waals surface area contributed by atoms with E-state index in [4.69, 9.17) is 0 Å².